The number of sulfonamides is 1. The van der Waals surface area contributed by atoms with Crippen molar-refractivity contribution < 1.29 is 13.2 Å². The van der Waals surface area contributed by atoms with E-state index in [9.17, 15) is 8.42 Å². The molecule has 0 bridgehead atoms. The van der Waals surface area contributed by atoms with E-state index >= 15 is 0 Å². The number of halogens is 1. The Balaban J connectivity index is 1.77. The largest absolute Gasteiger partial charge is 0.379 e. The van der Waals surface area contributed by atoms with Gasteiger partial charge in [0, 0.05) is 30.6 Å². The van der Waals surface area contributed by atoms with Gasteiger partial charge >= 0.3 is 0 Å². The molecule has 1 N–H and O–H groups in total. The van der Waals surface area contributed by atoms with Crippen molar-refractivity contribution in [1.82, 2.24) is 9.62 Å². The van der Waals surface area contributed by atoms with Crippen LogP contribution < -0.4 is 5.32 Å². The van der Waals surface area contributed by atoms with Crippen molar-refractivity contribution in [2.45, 2.75) is 30.3 Å². The highest BCUT2D eigenvalue weighted by molar-refractivity contribution is 9.11. The summed E-state index contributed by atoms with van der Waals surface area (Å²) in [5, 5.41) is 3.41. The Morgan fingerprint density at radius 3 is 2.75 bits per heavy atom. The number of morpholine rings is 1. The van der Waals surface area contributed by atoms with E-state index in [1.807, 2.05) is 0 Å². The van der Waals surface area contributed by atoms with Gasteiger partial charge in [0.1, 0.15) is 4.90 Å². The van der Waals surface area contributed by atoms with Crippen LogP contribution in [-0.2, 0) is 21.3 Å². The SMILES string of the molecule is O=S(=O)(c1cc(CNC2CC2)sc1Br)N1CCOCC1. The van der Waals surface area contributed by atoms with E-state index in [-0.39, 0.29) is 0 Å². The monoisotopic (exact) mass is 380 g/mol. The van der Waals surface area contributed by atoms with Crippen LogP contribution in [0.2, 0.25) is 0 Å². The van der Waals surface area contributed by atoms with Gasteiger partial charge < -0.3 is 10.1 Å². The first-order valence-electron chi connectivity index (χ1n) is 6.67. The number of thiophene rings is 1. The fourth-order valence-electron chi connectivity index (χ4n) is 2.12. The average molecular weight is 381 g/mol. The first-order chi connectivity index (χ1) is 9.57. The third-order valence-corrected chi connectivity index (χ3v) is 7.59. The summed E-state index contributed by atoms with van der Waals surface area (Å²) < 4.78 is 32.6. The molecule has 0 radical (unpaired) electrons. The highest BCUT2D eigenvalue weighted by Crippen LogP contribution is 2.34. The van der Waals surface area contributed by atoms with Crippen LogP contribution in [-0.4, -0.2) is 45.1 Å². The van der Waals surface area contributed by atoms with Gasteiger partial charge in [-0.2, -0.15) is 4.31 Å². The lowest BCUT2D eigenvalue weighted by molar-refractivity contribution is 0.0730. The van der Waals surface area contributed by atoms with E-state index in [2.05, 4.69) is 21.2 Å². The molecular formula is C12H17BrN2O3S2. The predicted molar refractivity (Wildman–Crippen MR) is 81.5 cm³/mol. The average Bonchev–Trinajstić information content (AvgIpc) is 3.20. The molecule has 2 fully saturated rings. The van der Waals surface area contributed by atoms with Gasteiger partial charge in [-0.25, -0.2) is 8.42 Å². The summed E-state index contributed by atoms with van der Waals surface area (Å²) in [7, 11) is -3.41. The fourth-order valence-corrected chi connectivity index (χ4v) is 6.11. The van der Waals surface area contributed by atoms with Gasteiger partial charge in [-0.15, -0.1) is 11.3 Å². The number of nitrogens with one attached hydrogen (secondary N) is 1. The van der Waals surface area contributed by atoms with Gasteiger partial charge in [0.25, 0.3) is 0 Å². The van der Waals surface area contributed by atoms with E-state index in [1.54, 1.807) is 6.07 Å². The zero-order valence-electron chi connectivity index (χ0n) is 11.0. The van der Waals surface area contributed by atoms with E-state index in [4.69, 9.17) is 4.74 Å². The Kier molecular flexibility index (Phi) is 4.49. The smallest absolute Gasteiger partial charge is 0.245 e. The molecule has 2 aliphatic rings. The van der Waals surface area contributed by atoms with Crippen molar-refractivity contribution in [2.75, 3.05) is 26.3 Å². The summed E-state index contributed by atoms with van der Waals surface area (Å²) in [6.07, 6.45) is 2.46. The predicted octanol–water partition coefficient (Wildman–Crippen LogP) is 1.78. The quantitative estimate of drug-likeness (QED) is 0.845. The standard InChI is InChI=1S/C12H17BrN2O3S2/c13-12-11(7-10(19-12)8-14-9-1-2-9)20(16,17)15-3-5-18-6-4-15/h7,9,14H,1-6,8H2. The summed E-state index contributed by atoms with van der Waals surface area (Å²) in [4.78, 5) is 1.44. The van der Waals surface area contributed by atoms with Crippen molar-refractivity contribution in [3.63, 3.8) is 0 Å². The van der Waals surface area contributed by atoms with E-state index in [1.165, 1.54) is 28.5 Å². The molecule has 0 unspecified atom stereocenters. The van der Waals surface area contributed by atoms with Crippen molar-refractivity contribution in [3.8, 4) is 0 Å². The topological polar surface area (TPSA) is 58.6 Å². The molecule has 0 aromatic carbocycles. The lowest BCUT2D eigenvalue weighted by Crippen LogP contribution is -2.40. The number of hydrogen-bond acceptors (Lipinski definition) is 5. The Bertz CT molecular complexity index is 578. The number of ether oxygens (including phenoxy) is 1. The maximum absolute atomic E-state index is 12.6. The van der Waals surface area contributed by atoms with Crippen LogP contribution in [0.15, 0.2) is 14.7 Å². The molecule has 1 aliphatic carbocycles. The molecule has 20 heavy (non-hydrogen) atoms. The lowest BCUT2D eigenvalue weighted by Gasteiger charge is -2.25. The molecular weight excluding hydrogens is 364 g/mol. The van der Waals surface area contributed by atoms with Gasteiger partial charge in [-0.05, 0) is 34.8 Å². The zero-order valence-corrected chi connectivity index (χ0v) is 14.2. The van der Waals surface area contributed by atoms with Crippen molar-refractivity contribution in [1.29, 1.82) is 0 Å². The molecule has 0 atom stereocenters. The van der Waals surface area contributed by atoms with Crippen LogP contribution in [0.1, 0.15) is 17.7 Å². The van der Waals surface area contributed by atoms with Gasteiger partial charge in [-0.1, -0.05) is 0 Å². The molecule has 3 rings (SSSR count). The summed E-state index contributed by atoms with van der Waals surface area (Å²) in [5.74, 6) is 0. The van der Waals surface area contributed by atoms with E-state index < -0.39 is 10.0 Å². The van der Waals surface area contributed by atoms with E-state index in [0.29, 0.717) is 41.0 Å². The molecule has 1 aromatic rings. The first-order valence-corrected chi connectivity index (χ1v) is 9.72. The Morgan fingerprint density at radius 1 is 1.40 bits per heavy atom. The van der Waals surface area contributed by atoms with Crippen LogP contribution in [0, 0.1) is 0 Å². The van der Waals surface area contributed by atoms with Crippen molar-refractivity contribution in [3.05, 3.63) is 14.7 Å². The molecule has 2 heterocycles. The van der Waals surface area contributed by atoms with Crippen LogP contribution in [0.25, 0.3) is 0 Å². The van der Waals surface area contributed by atoms with Gasteiger partial charge in [0.15, 0.2) is 0 Å². The van der Waals surface area contributed by atoms with Crippen LogP contribution in [0.5, 0.6) is 0 Å². The minimum Gasteiger partial charge on any atom is -0.379 e. The number of nitrogens with zero attached hydrogens (tertiary/aromatic N) is 1. The summed E-state index contributed by atoms with van der Waals surface area (Å²) in [6, 6.07) is 2.41. The maximum atomic E-state index is 12.6. The number of hydrogen-bond donors (Lipinski definition) is 1. The molecule has 0 amide bonds. The third kappa shape index (κ3) is 3.26. The molecule has 1 saturated carbocycles. The second-order valence-electron chi connectivity index (χ2n) is 5.02. The molecule has 1 aromatic heterocycles. The Labute approximate surface area is 131 Å². The van der Waals surface area contributed by atoms with Crippen LogP contribution in [0.4, 0.5) is 0 Å². The van der Waals surface area contributed by atoms with Crippen LogP contribution in [0.3, 0.4) is 0 Å². The van der Waals surface area contributed by atoms with E-state index in [0.717, 1.165) is 11.4 Å². The highest BCUT2D eigenvalue weighted by Gasteiger charge is 2.30. The minimum absolute atomic E-state index is 0.386. The van der Waals surface area contributed by atoms with Gasteiger partial charge in [-0.3, -0.25) is 0 Å². The number of rotatable bonds is 5. The summed E-state index contributed by atoms with van der Waals surface area (Å²) in [5.41, 5.74) is 0. The molecule has 112 valence electrons. The van der Waals surface area contributed by atoms with Crippen molar-refractivity contribution >= 4 is 37.3 Å². The molecule has 0 spiro atoms. The zero-order chi connectivity index (χ0) is 14.2. The molecule has 8 heteroatoms. The molecule has 1 aliphatic heterocycles. The molecule has 5 nitrogen and oxygen atoms in total. The second-order valence-corrected chi connectivity index (χ2v) is 9.38. The lowest BCUT2D eigenvalue weighted by atomic mass is 10.4. The van der Waals surface area contributed by atoms with Gasteiger partial charge in [0.2, 0.25) is 10.0 Å². The second kappa shape index (κ2) is 6.02. The Morgan fingerprint density at radius 2 is 2.10 bits per heavy atom. The Hall–Kier alpha value is 0.01000. The summed E-state index contributed by atoms with van der Waals surface area (Å²) in [6.45, 7) is 2.54. The van der Waals surface area contributed by atoms with Crippen LogP contribution >= 0.6 is 27.3 Å². The fraction of sp³-hybridized carbons (Fsp3) is 0.667. The maximum Gasteiger partial charge on any atom is 0.245 e. The summed E-state index contributed by atoms with van der Waals surface area (Å²) >= 11 is 4.89. The van der Waals surface area contributed by atoms with Crippen molar-refractivity contribution in [2.24, 2.45) is 0 Å². The molecule has 1 saturated heterocycles. The normalized spacial score (nSPS) is 21.2. The third-order valence-electron chi connectivity index (χ3n) is 3.44. The minimum atomic E-state index is -3.41. The first kappa shape index (κ1) is 14.9. The highest BCUT2D eigenvalue weighted by atomic mass is 79.9. The van der Waals surface area contributed by atoms with Gasteiger partial charge in [0.05, 0.1) is 17.0 Å².